The summed E-state index contributed by atoms with van der Waals surface area (Å²) in [5.74, 6) is 2.83. The molecule has 2 rings (SSSR count). The number of methoxy groups -OCH3 is 2. The molecular weight excluding hydrogens is 244 g/mol. The van der Waals surface area contributed by atoms with Crippen molar-refractivity contribution >= 4 is 0 Å². The molecule has 2 N–H and O–H groups in total. The summed E-state index contributed by atoms with van der Waals surface area (Å²) in [4.78, 5) is 4.24. The van der Waals surface area contributed by atoms with E-state index < -0.39 is 0 Å². The Morgan fingerprint density at radius 1 is 1.16 bits per heavy atom. The number of rotatable bonds is 6. The molecular formula is C14H18N2O3. The minimum absolute atomic E-state index is 0.630. The lowest BCUT2D eigenvalue weighted by Crippen LogP contribution is -2.00. The summed E-state index contributed by atoms with van der Waals surface area (Å²) < 4.78 is 16.2. The van der Waals surface area contributed by atoms with Crippen LogP contribution in [0.15, 0.2) is 28.8 Å². The lowest BCUT2D eigenvalue weighted by molar-refractivity contribution is 0.394. The summed E-state index contributed by atoms with van der Waals surface area (Å²) in [6.45, 7) is 0.630. The van der Waals surface area contributed by atoms with E-state index in [9.17, 15) is 0 Å². The Hall–Kier alpha value is -2.01. The fraction of sp³-hybridized carbons (Fsp3) is 0.357. The highest BCUT2D eigenvalue weighted by molar-refractivity contribution is 5.61. The number of hydrogen-bond donors (Lipinski definition) is 1. The predicted octanol–water partition coefficient (Wildman–Crippen LogP) is 2.25. The molecule has 2 aromatic rings. The molecule has 0 saturated heterocycles. The van der Waals surface area contributed by atoms with Gasteiger partial charge in [-0.3, -0.25) is 0 Å². The molecule has 0 radical (unpaired) electrons. The van der Waals surface area contributed by atoms with E-state index in [1.165, 1.54) is 0 Å². The monoisotopic (exact) mass is 262 g/mol. The maximum absolute atomic E-state index is 5.69. The van der Waals surface area contributed by atoms with Gasteiger partial charge in [0.2, 0.25) is 0 Å². The van der Waals surface area contributed by atoms with Crippen LogP contribution in [-0.4, -0.2) is 25.7 Å². The molecule has 1 heterocycles. The first-order valence-electron chi connectivity index (χ1n) is 6.15. The normalized spacial score (nSPS) is 10.5. The summed E-state index contributed by atoms with van der Waals surface area (Å²) >= 11 is 0. The molecule has 0 unspecified atom stereocenters. The zero-order chi connectivity index (χ0) is 13.7. The highest BCUT2D eigenvalue weighted by atomic mass is 16.5. The number of nitrogens with zero attached hydrogens (tertiary/aromatic N) is 1. The molecule has 0 atom stereocenters. The van der Waals surface area contributed by atoms with Crippen LogP contribution < -0.4 is 15.2 Å². The number of nitrogens with two attached hydrogens (primary N) is 1. The van der Waals surface area contributed by atoms with E-state index >= 15 is 0 Å². The maximum Gasteiger partial charge on any atom is 0.194 e. The summed E-state index contributed by atoms with van der Waals surface area (Å²) in [5.41, 5.74) is 6.35. The fourth-order valence-electron chi connectivity index (χ4n) is 1.76. The third-order valence-electron chi connectivity index (χ3n) is 2.78. The molecule has 0 amide bonds. The zero-order valence-electron chi connectivity index (χ0n) is 11.2. The largest absolute Gasteiger partial charge is 0.497 e. The highest BCUT2D eigenvalue weighted by Gasteiger charge is 2.09. The van der Waals surface area contributed by atoms with Crippen LogP contribution in [0.2, 0.25) is 0 Å². The van der Waals surface area contributed by atoms with Crippen molar-refractivity contribution in [1.29, 1.82) is 0 Å². The minimum atomic E-state index is 0.630. The molecule has 1 aromatic carbocycles. The molecule has 0 aliphatic carbocycles. The molecule has 0 aliphatic heterocycles. The Morgan fingerprint density at radius 3 is 2.42 bits per heavy atom. The van der Waals surface area contributed by atoms with E-state index in [0.717, 1.165) is 18.4 Å². The Balaban J connectivity index is 2.27. The highest BCUT2D eigenvalue weighted by Crippen LogP contribution is 2.30. The third-order valence-corrected chi connectivity index (χ3v) is 2.78. The van der Waals surface area contributed by atoms with Gasteiger partial charge in [-0.2, -0.15) is 0 Å². The van der Waals surface area contributed by atoms with Crippen LogP contribution in [0, 0.1) is 0 Å². The van der Waals surface area contributed by atoms with Gasteiger partial charge in [0, 0.05) is 18.1 Å². The Labute approximate surface area is 112 Å². The van der Waals surface area contributed by atoms with E-state index in [-0.39, 0.29) is 0 Å². The summed E-state index contributed by atoms with van der Waals surface area (Å²) in [7, 11) is 3.23. The van der Waals surface area contributed by atoms with Crippen molar-refractivity contribution in [3.8, 4) is 22.8 Å². The van der Waals surface area contributed by atoms with Crippen LogP contribution >= 0.6 is 0 Å². The summed E-state index contributed by atoms with van der Waals surface area (Å²) in [6.07, 6.45) is 3.32. The first-order chi connectivity index (χ1) is 9.26. The second-order valence-corrected chi connectivity index (χ2v) is 4.11. The lowest BCUT2D eigenvalue weighted by Gasteiger charge is -2.06. The topological polar surface area (TPSA) is 70.5 Å². The van der Waals surface area contributed by atoms with E-state index in [1.54, 1.807) is 20.4 Å². The average Bonchev–Trinajstić information content (AvgIpc) is 2.93. The molecule has 0 aliphatic rings. The first kappa shape index (κ1) is 13.4. The van der Waals surface area contributed by atoms with Crippen LogP contribution in [0.4, 0.5) is 0 Å². The van der Waals surface area contributed by atoms with Gasteiger partial charge in [0.1, 0.15) is 11.5 Å². The molecule has 1 aromatic heterocycles. The van der Waals surface area contributed by atoms with Gasteiger partial charge in [0.05, 0.1) is 20.4 Å². The number of aryl methyl sites for hydroxylation is 1. The Bertz CT molecular complexity index is 515. The maximum atomic E-state index is 5.69. The van der Waals surface area contributed by atoms with E-state index in [0.29, 0.717) is 29.7 Å². The number of benzene rings is 1. The van der Waals surface area contributed by atoms with Crippen molar-refractivity contribution in [1.82, 2.24) is 4.98 Å². The number of hydrogen-bond acceptors (Lipinski definition) is 5. The van der Waals surface area contributed by atoms with Crippen molar-refractivity contribution in [2.45, 2.75) is 12.8 Å². The summed E-state index contributed by atoms with van der Waals surface area (Å²) in [6, 6.07) is 5.58. The lowest BCUT2D eigenvalue weighted by atomic mass is 10.1. The van der Waals surface area contributed by atoms with E-state index in [2.05, 4.69) is 4.98 Å². The predicted molar refractivity (Wildman–Crippen MR) is 72.4 cm³/mol. The van der Waals surface area contributed by atoms with E-state index in [1.807, 2.05) is 18.2 Å². The van der Waals surface area contributed by atoms with Gasteiger partial charge in [-0.15, -0.1) is 0 Å². The second-order valence-electron chi connectivity index (χ2n) is 4.11. The Kier molecular flexibility index (Phi) is 4.41. The SMILES string of the molecule is COc1cc(OC)cc(-c2cnc(CCCN)o2)c1. The van der Waals surface area contributed by atoms with Crippen molar-refractivity contribution in [2.75, 3.05) is 20.8 Å². The second kappa shape index (κ2) is 6.24. The standard InChI is InChI=1S/C14H18N2O3/c1-17-11-6-10(7-12(8-11)18-2)13-9-16-14(19-13)4-3-5-15/h6-9H,3-5,15H2,1-2H3. The van der Waals surface area contributed by atoms with Gasteiger partial charge in [-0.1, -0.05) is 0 Å². The van der Waals surface area contributed by atoms with Crippen molar-refractivity contribution in [2.24, 2.45) is 5.73 Å². The Morgan fingerprint density at radius 2 is 1.84 bits per heavy atom. The van der Waals surface area contributed by atoms with Crippen LogP contribution in [0.25, 0.3) is 11.3 Å². The van der Waals surface area contributed by atoms with Gasteiger partial charge in [0.25, 0.3) is 0 Å². The molecule has 0 spiro atoms. The van der Waals surface area contributed by atoms with Gasteiger partial charge in [0.15, 0.2) is 11.7 Å². The number of ether oxygens (including phenoxy) is 2. The van der Waals surface area contributed by atoms with Crippen LogP contribution in [0.3, 0.4) is 0 Å². The van der Waals surface area contributed by atoms with Crippen LogP contribution in [0.5, 0.6) is 11.5 Å². The molecule has 102 valence electrons. The fourth-order valence-corrected chi connectivity index (χ4v) is 1.76. The van der Waals surface area contributed by atoms with Crippen molar-refractivity contribution in [3.05, 3.63) is 30.3 Å². The molecule has 19 heavy (non-hydrogen) atoms. The van der Waals surface area contributed by atoms with Crippen molar-refractivity contribution < 1.29 is 13.9 Å². The van der Waals surface area contributed by atoms with Crippen molar-refractivity contribution in [3.63, 3.8) is 0 Å². The van der Waals surface area contributed by atoms with Gasteiger partial charge in [-0.05, 0) is 25.1 Å². The molecule has 0 saturated carbocycles. The third kappa shape index (κ3) is 3.26. The summed E-state index contributed by atoms with van der Waals surface area (Å²) in [5, 5.41) is 0. The molecule has 0 fully saturated rings. The van der Waals surface area contributed by atoms with E-state index in [4.69, 9.17) is 19.6 Å². The smallest absolute Gasteiger partial charge is 0.194 e. The van der Waals surface area contributed by atoms with Crippen LogP contribution in [-0.2, 0) is 6.42 Å². The molecule has 5 nitrogen and oxygen atoms in total. The average molecular weight is 262 g/mol. The first-order valence-corrected chi connectivity index (χ1v) is 6.15. The molecule has 0 bridgehead atoms. The van der Waals surface area contributed by atoms with Gasteiger partial charge in [-0.25, -0.2) is 4.98 Å². The van der Waals surface area contributed by atoms with Gasteiger partial charge >= 0.3 is 0 Å². The van der Waals surface area contributed by atoms with Crippen LogP contribution in [0.1, 0.15) is 12.3 Å². The zero-order valence-corrected chi connectivity index (χ0v) is 11.2. The number of aromatic nitrogens is 1. The van der Waals surface area contributed by atoms with Gasteiger partial charge < -0.3 is 19.6 Å². The molecule has 5 heteroatoms. The number of oxazole rings is 1. The minimum Gasteiger partial charge on any atom is -0.497 e. The quantitative estimate of drug-likeness (QED) is 0.864.